The van der Waals surface area contributed by atoms with Crippen molar-refractivity contribution >= 4 is 17.5 Å². The van der Waals surface area contributed by atoms with Gasteiger partial charge in [-0.2, -0.15) is 0 Å². The van der Waals surface area contributed by atoms with Crippen molar-refractivity contribution < 1.29 is 9.53 Å². The lowest BCUT2D eigenvalue weighted by Crippen LogP contribution is -2.23. The van der Waals surface area contributed by atoms with Crippen molar-refractivity contribution in [1.29, 1.82) is 0 Å². The summed E-state index contributed by atoms with van der Waals surface area (Å²) in [4.78, 5) is 12.5. The van der Waals surface area contributed by atoms with Crippen molar-refractivity contribution in [3.63, 3.8) is 0 Å². The molecule has 1 heterocycles. The first-order valence-corrected chi connectivity index (χ1v) is 7.87. The predicted molar refractivity (Wildman–Crippen MR) is 81.1 cm³/mol. The van der Waals surface area contributed by atoms with Gasteiger partial charge in [0.1, 0.15) is 0 Å². The Hall–Kier alpha value is -0.800. The minimum atomic E-state index is 0.0311. The van der Waals surface area contributed by atoms with Gasteiger partial charge in [0.05, 0.1) is 5.25 Å². The fourth-order valence-electron chi connectivity index (χ4n) is 2.38. The smallest absolute Gasteiger partial charge is 0.175 e. The van der Waals surface area contributed by atoms with Crippen molar-refractivity contribution in [3.8, 4) is 0 Å². The van der Waals surface area contributed by atoms with Crippen LogP contribution in [0.4, 0.5) is 0 Å². The third kappa shape index (κ3) is 3.83. The molecule has 3 heteroatoms. The van der Waals surface area contributed by atoms with E-state index in [4.69, 9.17) is 4.74 Å². The highest BCUT2D eigenvalue weighted by atomic mass is 32.2. The van der Waals surface area contributed by atoms with Crippen LogP contribution in [0.2, 0.25) is 0 Å². The molecule has 1 saturated heterocycles. The summed E-state index contributed by atoms with van der Waals surface area (Å²) in [6.45, 7) is 7.75. The van der Waals surface area contributed by atoms with E-state index in [2.05, 4.69) is 6.07 Å². The standard InChI is InChI=1S/C16H22O2S/c1-11-4-5-12(2)15(10-11)16(17)13(3)19-14-6-8-18-9-7-14/h4-5,10,13-14H,6-9H2,1-3H3. The van der Waals surface area contributed by atoms with Crippen LogP contribution in [-0.4, -0.2) is 29.5 Å². The fraction of sp³-hybridized carbons (Fsp3) is 0.562. The van der Waals surface area contributed by atoms with E-state index in [0.717, 1.165) is 42.7 Å². The number of ether oxygens (including phenoxy) is 1. The van der Waals surface area contributed by atoms with E-state index in [1.807, 2.05) is 44.7 Å². The number of aryl methyl sites for hydroxylation is 2. The molecule has 0 spiro atoms. The fourth-order valence-corrected chi connectivity index (χ4v) is 3.68. The SMILES string of the molecule is Cc1ccc(C)c(C(=O)C(C)SC2CCOCC2)c1. The number of hydrogen-bond acceptors (Lipinski definition) is 3. The Morgan fingerprint density at radius 3 is 2.68 bits per heavy atom. The maximum atomic E-state index is 12.5. The maximum Gasteiger partial charge on any atom is 0.175 e. The second kappa shape index (κ2) is 6.58. The number of thioether (sulfide) groups is 1. The number of hydrogen-bond donors (Lipinski definition) is 0. The molecule has 0 radical (unpaired) electrons. The van der Waals surface area contributed by atoms with Crippen LogP contribution in [0.1, 0.15) is 41.3 Å². The lowest BCUT2D eigenvalue weighted by molar-refractivity contribution is 0.0973. The van der Waals surface area contributed by atoms with Crippen molar-refractivity contribution in [2.45, 2.75) is 44.1 Å². The van der Waals surface area contributed by atoms with Gasteiger partial charge in [0.2, 0.25) is 0 Å². The van der Waals surface area contributed by atoms with Crippen LogP contribution >= 0.6 is 11.8 Å². The highest BCUT2D eigenvalue weighted by molar-refractivity contribution is 8.01. The molecule has 1 aromatic rings. The van der Waals surface area contributed by atoms with Gasteiger partial charge in [-0.25, -0.2) is 0 Å². The van der Waals surface area contributed by atoms with Crippen LogP contribution in [0.15, 0.2) is 18.2 Å². The van der Waals surface area contributed by atoms with Gasteiger partial charge >= 0.3 is 0 Å². The molecule has 1 fully saturated rings. The number of carbonyl (C=O) groups is 1. The number of carbonyl (C=O) groups excluding carboxylic acids is 1. The van der Waals surface area contributed by atoms with Crippen LogP contribution in [0.5, 0.6) is 0 Å². The Labute approximate surface area is 119 Å². The second-order valence-electron chi connectivity index (χ2n) is 5.27. The minimum Gasteiger partial charge on any atom is -0.381 e. The molecule has 104 valence electrons. The maximum absolute atomic E-state index is 12.5. The first kappa shape index (κ1) is 14.6. The number of benzene rings is 1. The van der Waals surface area contributed by atoms with Gasteiger partial charge in [0.15, 0.2) is 5.78 Å². The van der Waals surface area contributed by atoms with E-state index in [1.54, 1.807) is 0 Å². The van der Waals surface area contributed by atoms with Gasteiger partial charge in [-0.15, -0.1) is 11.8 Å². The van der Waals surface area contributed by atoms with Crippen LogP contribution in [-0.2, 0) is 4.74 Å². The van der Waals surface area contributed by atoms with E-state index in [0.29, 0.717) is 5.25 Å². The number of rotatable bonds is 4. The zero-order chi connectivity index (χ0) is 13.8. The van der Waals surface area contributed by atoms with Gasteiger partial charge in [0, 0.05) is 24.0 Å². The monoisotopic (exact) mass is 278 g/mol. The molecule has 2 rings (SSSR count). The first-order chi connectivity index (χ1) is 9.08. The average Bonchev–Trinajstić information content (AvgIpc) is 2.42. The van der Waals surface area contributed by atoms with Crippen LogP contribution in [0.25, 0.3) is 0 Å². The average molecular weight is 278 g/mol. The molecule has 0 aliphatic carbocycles. The summed E-state index contributed by atoms with van der Waals surface area (Å²) in [5.74, 6) is 0.262. The predicted octanol–water partition coefficient (Wildman–Crippen LogP) is 3.79. The Morgan fingerprint density at radius 2 is 2.00 bits per heavy atom. The van der Waals surface area contributed by atoms with Crippen molar-refractivity contribution in [1.82, 2.24) is 0 Å². The first-order valence-electron chi connectivity index (χ1n) is 6.92. The zero-order valence-electron chi connectivity index (χ0n) is 11.9. The molecule has 0 aromatic heterocycles. The molecule has 0 N–H and O–H groups in total. The van der Waals surface area contributed by atoms with Crippen molar-refractivity contribution in [3.05, 3.63) is 34.9 Å². The van der Waals surface area contributed by atoms with Crippen molar-refractivity contribution in [2.24, 2.45) is 0 Å². The van der Waals surface area contributed by atoms with E-state index in [1.165, 1.54) is 0 Å². The van der Waals surface area contributed by atoms with Crippen LogP contribution < -0.4 is 0 Å². The normalized spacial score (nSPS) is 18.3. The largest absolute Gasteiger partial charge is 0.381 e. The van der Waals surface area contributed by atoms with E-state index >= 15 is 0 Å². The van der Waals surface area contributed by atoms with Gasteiger partial charge in [-0.05, 0) is 45.2 Å². The Balaban J connectivity index is 2.03. The summed E-state index contributed by atoms with van der Waals surface area (Å²) in [5.41, 5.74) is 3.11. The molecule has 1 aromatic carbocycles. The zero-order valence-corrected chi connectivity index (χ0v) is 12.8. The third-order valence-electron chi connectivity index (χ3n) is 3.59. The molecule has 0 amide bonds. The summed E-state index contributed by atoms with van der Waals surface area (Å²) in [7, 11) is 0. The van der Waals surface area contributed by atoms with Gasteiger partial charge in [0.25, 0.3) is 0 Å². The summed E-state index contributed by atoms with van der Waals surface area (Å²) < 4.78 is 5.36. The Bertz CT molecular complexity index is 450. The topological polar surface area (TPSA) is 26.3 Å². The molecule has 1 unspecified atom stereocenters. The summed E-state index contributed by atoms with van der Waals surface area (Å²) in [6, 6.07) is 6.11. The highest BCUT2D eigenvalue weighted by Gasteiger charge is 2.23. The number of ketones is 1. The molecule has 1 aliphatic rings. The molecular weight excluding hydrogens is 256 g/mol. The van der Waals surface area contributed by atoms with E-state index in [-0.39, 0.29) is 11.0 Å². The van der Waals surface area contributed by atoms with E-state index in [9.17, 15) is 4.79 Å². The van der Waals surface area contributed by atoms with Gasteiger partial charge in [-0.1, -0.05) is 17.7 Å². The highest BCUT2D eigenvalue weighted by Crippen LogP contribution is 2.28. The Morgan fingerprint density at radius 1 is 1.32 bits per heavy atom. The lowest BCUT2D eigenvalue weighted by Gasteiger charge is -2.24. The molecule has 19 heavy (non-hydrogen) atoms. The molecule has 1 atom stereocenters. The van der Waals surface area contributed by atoms with Gasteiger partial charge < -0.3 is 4.74 Å². The third-order valence-corrected chi connectivity index (χ3v) is 5.07. The molecule has 1 aliphatic heterocycles. The summed E-state index contributed by atoms with van der Waals surface area (Å²) >= 11 is 1.81. The summed E-state index contributed by atoms with van der Waals surface area (Å²) in [6.07, 6.45) is 2.13. The summed E-state index contributed by atoms with van der Waals surface area (Å²) in [5, 5.41) is 0.599. The van der Waals surface area contributed by atoms with Crippen LogP contribution in [0.3, 0.4) is 0 Å². The van der Waals surface area contributed by atoms with Crippen molar-refractivity contribution in [2.75, 3.05) is 13.2 Å². The minimum absolute atomic E-state index is 0.0311. The second-order valence-corrected chi connectivity index (χ2v) is 6.92. The molecular formula is C16H22O2S. The van der Waals surface area contributed by atoms with Crippen LogP contribution in [0, 0.1) is 13.8 Å². The number of Topliss-reactive ketones (excluding diaryl/α,β-unsaturated/α-hetero) is 1. The molecule has 2 nitrogen and oxygen atoms in total. The molecule has 0 bridgehead atoms. The quantitative estimate of drug-likeness (QED) is 0.784. The Kier molecular flexibility index (Phi) is 5.06. The molecule has 0 saturated carbocycles. The lowest BCUT2D eigenvalue weighted by atomic mass is 10.0. The van der Waals surface area contributed by atoms with E-state index < -0.39 is 0 Å². The van der Waals surface area contributed by atoms with Gasteiger partial charge in [-0.3, -0.25) is 4.79 Å².